The predicted octanol–water partition coefficient (Wildman–Crippen LogP) is 1.36. The predicted molar refractivity (Wildman–Crippen MR) is 61.6 cm³/mol. The molecule has 1 heterocycles. The molecule has 92 valence electrons. The van der Waals surface area contributed by atoms with E-state index in [2.05, 4.69) is 14.7 Å². The summed E-state index contributed by atoms with van der Waals surface area (Å²) in [5.41, 5.74) is 0.140. The number of nitrogens with one attached hydrogen (secondary N) is 1. The average molecular weight is 248 g/mol. The molecule has 2 rings (SSSR count). The number of aromatic nitrogens is 2. The number of aromatic amines is 1. The van der Waals surface area contributed by atoms with Gasteiger partial charge in [0, 0.05) is 5.56 Å². The first kappa shape index (κ1) is 12.0. The smallest absolute Gasteiger partial charge is 0.354 e. The van der Waals surface area contributed by atoms with Crippen molar-refractivity contribution in [3.8, 4) is 11.3 Å². The lowest BCUT2D eigenvalue weighted by atomic mass is 10.1. The molecule has 0 unspecified atom stereocenters. The highest BCUT2D eigenvalue weighted by Gasteiger charge is 2.10. The molecule has 6 heteroatoms. The standard InChI is InChI=1S/C12H9FN2O3/c1-18-11(16)10-6-9(14-12(17)15-10)7-2-4-8(13)5-3-7/h2-6H,1H3,(H,14,15,17). The van der Waals surface area contributed by atoms with E-state index in [1.807, 2.05) is 0 Å². The highest BCUT2D eigenvalue weighted by Crippen LogP contribution is 2.16. The van der Waals surface area contributed by atoms with E-state index in [-0.39, 0.29) is 11.4 Å². The zero-order valence-corrected chi connectivity index (χ0v) is 9.44. The quantitative estimate of drug-likeness (QED) is 0.814. The molecule has 0 fully saturated rings. The van der Waals surface area contributed by atoms with E-state index >= 15 is 0 Å². The second kappa shape index (κ2) is 4.79. The topological polar surface area (TPSA) is 72.0 Å². The maximum Gasteiger partial charge on any atom is 0.354 e. The zero-order chi connectivity index (χ0) is 13.1. The van der Waals surface area contributed by atoms with Crippen LogP contribution < -0.4 is 5.69 Å². The van der Waals surface area contributed by atoms with Gasteiger partial charge in [0.15, 0.2) is 0 Å². The Hall–Kier alpha value is -2.50. The van der Waals surface area contributed by atoms with Gasteiger partial charge in [-0.3, -0.25) is 4.98 Å². The van der Waals surface area contributed by atoms with Crippen LogP contribution in [0.2, 0.25) is 0 Å². The van der Waals surface area contributed by atoms with Gasteiger partial charge in [0.05, 0.1) is 12.8 Å². The summed E-state index contributed by atoms with van der Waals surface area (Å²) in [4.78, 5) is 28.6. The zero-order valence-electron chi connectivity index (χ0n) is 9.44. The summed E-state index contributed by atoms with van der Waals surface area (Å²) in [6.07, 6.45) is 0. The first-order valence-electron chi connectivity index (χ1n) is 5.06. The van der Waals surface area contributed by atoms with Crippen LogP contribution in [0.4, 0.5) is 4.39 Å². The maximum absolute atomic E-state index is 12.8. The van der Waals surface area contributed by atoms with Crippen molar-refractivity contribution in [1.29, 1.82) is 0 Å². The molecule has 0 aliphatic heterocycles. The van der Waals surface area contributed by atoms with Gasteiger partial charge in [0.25, 0.3) is 0 Å². The van der Waals surface area contributed by atoms with Crippen molar-refractivity contribution in [2.75, 3.05) is 7.11 Å². The first-order valence-corrected chi connectivity index (χ1v) is 5.06. The Balaban J connectivity index is 2.51. The van der Waals surface area contributed by atoms with Crippen LogP contribution >= 0.6 is 0 Å². The number of rotatable bonds is 2. The minimum absolute atomic E-state index is 0.00294. The van der Waals surface area contributed by atoms with E-state index < -0.39 is 17.5 Å². The van der Waals surface area contributed by atoms with E-state index in [1.165, 1.54) is 37.4 Å². The fraction of sp³-hybridized carbons (Fsp3) is 0.0833. The van der Waals surface area contributed by atoms with Crippen LogP contribution in [-0.2, 0) is 4.74 Å². The number of carbonyl (C=O) groups is 1. The summed E-state index contributed by atoms with van der Waals surface area (Å²) in [5, 5.41) is 0. The van der Waals surface area contributed by atoms with Crippen LogP contribution in [0.3, 0.4) is 0 Å². The van der Waals surface area contributed by atoms with Crippen molar-refractivity contribution in [2.24, 2.45) is 0 Å². The second-order valence-corrected chi connectivity index (χ2v) is 3.48. The van der Waals surface area contributed by atoms with Crippen molar-refractivity contribution in [3.05, 3.63) is 52.3 Å². The van der Waals surface area contributed by atoms with E-state index in [1.54, 1.807) is 0 Å². The fourth-order valence-electron chi connectivity index (χ4n) is 1.45. The Morgan fingerprint density at radius 1 is 1.33 bits per heavy atom. The molecule has 0 radical (unpaired) electrons. The minimum Gasteiger partial charge on any atom is -0.464 e. The molecule has 1 aromatic heterocycles. The largest absolute Gasteiger partial charge is 0.464 e. The molecule has 0 atom stereocenters. The first-order chi connectivity index (χ1) is 8.60. The number of hydrogen-bond acceptors (Lipinski definition) is 4. The molecule has 1 N–H and O–H groups in total. The van der Waals surface area contributed by atoms with Crippen LogP contribution in [-0.4, -0.2) is 23.0 Å². The third-order valence-corrected chi connectivity index (χ3v) is 2.29. The Morgan fingerprint density at radius 3 is 2.61 bits per heavy atom. The van der Waals surface area contributed by atoms with Crippen molar-refractivity contribution in [1.82, 2.24) is 9.97 Å². The van der Waals surface area contributed by atoms with Crippen molar-refractivity contribution < 1.29 is 13.9 Å². The van der Waals surface area contributed by atoms with Gasteiger partial charge in [-0.05, 0) is 30.3 Å². The molecule has 0 aliphatic rings. The summed E-state index contributed by atoms with van der Waals surface area (Å²) in [6, 6.07) is 6.81. The Morgan fingerprint density at radius 2 is 2.00 bits per heavy atom. The Kier molecular flexibility index (Phi) is 3.18. The van der Waals surface area contributed by atoms with Crippen LogP contribution in [0.5, 0.6) is 0 Å². The molecule has 0 saturated carbocycles. The van der Waals surface area contributed by atoms with Crippen LogP contribution in [0.1, 0.15) is 10.5 Å². The number of H-pyrrole nitrogens is 1. The lowest BCUT2D eigenvalue weighted by Gasteiger charge is -2.03. The molecule has 2 aromatic rings. The molecule has 18 heavy (non-hydrogen) atoms. The number of ether oxygens (including phenoxy) is 1. The fourth-order valence-corrected chi connectivity index (χ4v) is 1.45. The number of hydrogen-bond donors (Lipinski definition) is 1. The minimum atomic E-state index is -0.669. The molecule has 0 amide bonds. The van der Waals surface area contributed by atoms with Gasteiger partial charge in [-0.15, -0.1) is 0 Å². The number of methoxy groups -OCH3 is 1. The maximum atomic E-state index is 12.8. The third kappa shape index (κ3) is 2.42. The van der Waals surface area contributed by atoms with Gasteiger partial charge >= 0.3 is 11.7 Å². The number of esters is 1. The van der Waals surface area contributed by atoms with Crippen LogP contribution in [0.25, 0.3) is 11.3 Å². The summed E-state index contributed by atoms with van der Waals surface area (Å²) >= 11 is 0. The van der Waals surface area contributed by atoms with E-state index in [0.29, 0.717) is 5.56 Å². The highest BCUT2D eigenvalue weighted by atomic mass is 19.1. The molecule has 0 saturated heterocycles. The Bertz CT molecular complexity index is 635. The monoisotopic (exact) mass is 248 g/mol. The molecule has 5 nitrogen and oxygen atoms in total. The van der Waals surface area contributed by atoms with E-state index in [9.17, 15) is 14.0 Å². The normalized spacial score (nSPS) is 10.1. The van der Waals surface area contributed by atoms with Gasteiger partial charge in [0.2, 0.25) is 0 Å². The molecule has 1 aromatic carbocycles. The molecule has 0 aliphatic carbocycles. The lowest BCUT2D eigenvalue weighted by molar-refractivity contribution is 0.0593. The summed E-state index contributed by atoms with van der Waals surface area (Å²) in [6.45, 7) is 0. The average Bonchev–Trinajstić information content (AvgIpc) is 2.38. The summed E-state index contributed by atoms with van der Waals surface area (Å²) < 4.78 is 17.3. The van der Waals surface area contributed by atoms with Gasteiger partial charge in [-0.2, -0.15) is 4.98 Å². The van der Waals surface area contributed by atoms with E-state index in [4.69, 9.17) is 0 Å². The highest BCUT2D eigenvalue weighted by molar-refractivity contribution is 5.88. The number of benzene rings is 1. The van der Waals surface area contributed by atoms with Gasteiger partial charge in [-0.25, -0.2) is 14.0 Å². The third-order valence-electron chi connectivity index (χ3n) is 2.29. The number of carbonyl (C=O) groups excluding carboxylic acids is 1. The lowest BCUT2D eigenvalue weighted by Crippen LogP contribution is -2.17. The van der Waals surface area contributed by atoms with Crippen molar-refractivity contribution in [2.45, 2.75) is 0 Å². The van der Waals surface area contributed by atoms with E-state index in [0.717, 1.165) is 0 Å². The van der Waals surface area contributed by atoms with Gasteiger partial charge in [0.1, 0.15) is 11.5 Å². The van der Waals surface area contributed by atoms with Crippen LogP contribution in [0.15, 0.2) is 35.1 Å². The summed E-state index contributed by atoms with van der Waals surface area (Å²) in [5.74, 6) is -1.06. The SMILES string of the molecule is COC(=O)c1cc(-c2ccc(F)cc2)nc(=O)[nH]1. The molecular weight excluding hydrogens is 239 g/mol. The molecule has 0 bridgehead atoms. The van der Waals surface area contributed by atoms with Gasteiger partial charge < -0.3 is 4.74 Å². The summed E-state index contributed by atoms with van der Waals surface area (Å²) in [7, 11) is 1.21. The van der Waals surface area contributed by atoms with Crippen LogP contribution in [0, 0.1) is 5.82 Å². The Labute approximate surface area is 101 Å². The van der Waals surface area contributed by atoms with Crippen molar-refractivity contribution in [3.63, 3.8) is 0 Å². The number of halogens is 1. The number of nitrogens with zero attached hydrogens (tertiary/aromatic N) is 1. The molecular formula is C12H9FN2O3. The van der Waals surface area contributed by atoms with Crippen molar-refractivity contribution >= 4 is 5.97 Å². The molecule has 0 spiro atoms. The second-order valence-electron chi connectivity index (χ2n) is 3.48. The van der Waals surface area contributed by atoms with Gasteiger partial charge in [-0.1, -0.05) is 0 Å².